The number of nitrogens with one attached hydrogen (secondary N) is 2. The molecule has 0 radical (unpaired) electrons. The summed E-state index contributed by atoms with van der Waals surface area (Å²) in [7, 11) is 0. The summed E-state index contributed by atoms with van der Waals surface area (Å²) in [6.45, 7) is 6.42. The van der Waals surface area contributed by atoms with E-state index in [0.29, 0.717) is 13.1 Å². The molecule has 0 aliphatic heterocycles. The minimum atomic E-state index is 0.707. The first-order chi connectivity index (χ1) is 18.0. The maximum atomic E-state index is 5.94. The molecular formula is C29H30N6S2. The lowest BCUT2D eigenvalue weighted by Gasteiger charge is -2.22. The predicted octanol–water partition coefficient (Wildman–Crippen LogP) is 6.64. The zero-order valence-corrected chi connectivity index (χ0v) is 22.6. The second kappa shape index (κ2) is 11.2. The normalized spacial score (nSPS) is 11.3. The molecular weight excluding hydrogens is 496 g/mol. The quantitative estimate of drug-likeness (QED) is 0.211. The van der Waals surface area contributed by atoms with Crippen LogP contribution in [0, 0.1) is 23.1 Å². The van der Waals surface area contributed by atoms with Crippen LogP contribution in [-0.4, -0.2) is 36.0 Å². The monoisotopic (exact) mass is 526 g/mol. The molecule has 5 rings (SSSR count). The van der Waals surface area contributed by atoms with Crippen molar-refractivity contribution in [3.63, 3.8) is 0 Å². The van der Waals surface area contributed by atoms with Crippen LogP contribution in [0.1, 0.15) is 28.2 Å². The molecule has 3 aromatic heterocycles. The van der Waals surface area contributed by atoms with Gasteiger partial charge in [0.2, 0.25) is 0 Å². The van der Waals surface area contributed by atoms with Crippen molar-refractivity contribution >= 4 is 24.4 Å². The lowest BCUT2D eigenvalue weighted by molar-refractivity contribution is 0.257. The summed E-state index contributed by atoms with van der Waals surface area (Å²) in [4.78, 5) is 6.95. The van der Waals surface area contributed by atoms with Gasteiger partial charge in [0.15, 0.2) is 0 Å². The SMILES string of the molecule is Cc1[nH]n(-c2ccccc2)c(=S)c1CN(CCc1ccccn1)Cc1c(C)[nH]n(-c2ccccc2)c1=S. The van der Waals surface area contributed by atoms with Gasteiger partial charge in [0.1, 0.15) is 9.28 Å². The Labute approximate surface area is 227 Å². The van der Waals surface area contributed by atoms with E-state index in [1.807, 2.05) is 64.1 Å². The van der Waals surface area contributed by atoms with E-state index in [1.165, 1.54) is 0 Å². The Morgan fingerprint density at radius 3 is 1.65 bits per heavy atom. The molecule has 0 amide bonds. The smallest absolute Gasteiger partial charge is 0.132 e. The Hall–Kier alpha value is -3.59. The highest BCUT2D eigenvalue weighted by Gasteiger charge is 2.18. The van der Waals surface area contributed by atoms with Crippen molar-refractivity contribution in [1.82, 2.24) is 29.4 Å². The van der Waals surface area contributed by atoms with E-state index in [0.717, 1.165) is 61.8 Å². The van der Waals surface area contributed by atoms with E-state index in [-0.39, 0.29) is 0 Å². The third-order valence-electron chi connectivity index (χ3n) is 6.59. The molecule has 0 spiro atoms. The Morgan fingerprint density at radius 1 is 0.703 bits per heavy atom. The molecule has 5 aromatic rings. The van der Waals surface area contributed by atoms with Crippen LogP contribution < -0.4 is 0 Å². The Balaban J connectivity index is 1.46. The second-order valence-electron chi connectivity index (χ2n) is 9.16. The third kappa shape index (κ3) is 5.56. The standard InChI is InChI=1S/C29H30N6S2/c1-21-26(28(36)34(31-21)24-12-5-3-6-13-24)19-33(18-16-23-11-9-10-17-30-23)20-27-22(2)32-35(29(27)37)25-14-7-4-8-15-25/h3-15,17,31-32H,16,18-20H2,1-2H3. The van der Waals surface area contributed by atoms with Crippen molar-refractivity contribution in [2.24, 2.45) is 0 Å². The van der Waals surface area contributed by atoms with Gasteiger partial charge in [0, 0.05) is 60.5 Å². The average Bonchev–Trinajstić information content (AvgIpc) is 3.38. The fourth-order valence-electron chi connectivity index (χ4n) is 4.53. The summed E-state index contributed by atoms with van der Waals surface area (Å²) >= 11 is 11.9. The van der Waals surface area contributed by atoms with Crippen LogP contribution in [0.25, 0.3) is 11.4 Å². The van der Waals surface area contributed by atoms with Crippen molar-refractivity contribution in [2.75, 3.05) is 6.54 Å². The summed E-state index contributed by atoms with van der Waals surface area (Å²) < 4.78 is 5.58. The number of aryl methyl sites for hydroxylation is 2. The first-order valence-corrected chi connectivity index (χ1v) is 13.2. The van der Waals surface area contributed by atoms with Gasteiger partial charge in [-0.05, 0) is 50.2 Å². The lowest BCUT2D eigenvalue weighted by atomic mass is 10.2. The number of nitrogens with zero attached hydrogens (tertiary/aromatic N) is 4. The summed E-state index contributed by atoms with van der Waals surface area (Å²) in [5, 5.41) is 6.93. The molecule has 3 heterocycles. The number of rotatable bonds is 9. The molecule has 0 fully saturated rings. The van der Waals surface area contributed by atoms with Gasteiger partial charge >= 0.3 is 0 Å². The van der Waals surface area contributed by atoms with Gasteiger partial charge in [-0.3, -0.25) is 20.1 Å². The van der Waals surface area contributed by atoms with Gasteiger partial charge in [0.05, 0.1) is 11.4 Å². The summed E-state index contributed by atoms with van der Waals surface area (Å²) in [5.74, 6) is 0. The van der Waals surface area contributed by atoms with Gasteiger partial charge in [-0.2, -0.15) is 0 Å². The molecule has 6 nitrogen and oxygen atoms in total. The molecule has 0 unspecified atom stereocenters. The number of benzene rings is 2. The average molecular weight is 527 g/mol. The van der Waals surface area contributed by atoms with Crippen LogP contribution in [0.4, 0.5) is 0 Å². The van der Waals surface area contributed by atoms with E-state index in [4.69, 9.17) is 24.4 Å². The van der Waals surface area contributed by atoms with Crippen LogP contribution in [0.5, 0.6) is 0 Å². The summed E-state index contributed by atoms with van der Waals surface area (Å²) in [6.07, 6.45) is 2.69. The molecule has 0 saturated heterocycles. The van der Waals surface area contributed by atoms with Crippen molar-refractivity contribution in [1.29, 1.82) is 0 Å². The maximum Gasteiger partial charge on any atom is 0.132 e. The fourth-order valence-corrected chi connectivity index (χ4v) is 5.27. The van der Waals surface area contributed by atoms with Crippen LogP contribution in [0.3, 0.4) is 0 Å². The highest BCUT2D eigenvalue weighted by Crippen LogP contribution is 2.21. The first kappa shape index (κ1) is 25.1. The molecule has 37 heavy (non-hydrogen) atoms. The van der Waals surface area contributed by atoms with E-state index in [9.17, 15) is 0 Å². The summed E-state index contributed by atoms with van der Waals surface area (Å²) in [5.41, 5.74) is 7.51. The van der Waals surface area contributed by atoms with Crippen LogP contribution in [0.15, 0.2) is 85.1 Å². The molecule has 0 aliphatic rings. The zero-order chi connectivity index (χ0) is 25.8. The van der Waals surface area contributed by atoms with Crippen molar-refractivity contribution in [3.8, 4) is 11.4 Å². The number of aromatic nitrogens is 5. The number of pyridine rings is 1. The molecule has 188 valence electrons. The Morgan fingerprint density at radius 2 is 1.19 bits per heavy atom. The highest BCUT2D eigenvalue weighted by molar-refractivity contribution is 7.71. The number of para-hydroxylation sites is 2. The van der Waals surface area contributed by atoms with Gasteiger partial charge < -0.3 is 0 Å². The first-order valence-electron chi connectivity index (χ1n) is 12.4. The molecule has 0 atom stereocenters. The van der Waals surface area contributed by atoms with E-state index >= 15 is 0 Å². The van der Waals surface area contributed by atoms with Gasteiger partial charge in [-0.25, -0.2) is 9.36 Å². The summed E-state index contributed by atoms with van der Waals surface area (Å²) in [6, 6.07) is 26.4. The van der Waals surface area contributed by atoms with Gasteiger partial charge in [-0.1, -0.05) is 66.9 Å². The molecule has 2 aromatic carbocycles. The maximum absolute atomic E-state index is 5.94. The molecule has 0 bridgehead atoms. The third-order valence-corrected chi connectivity index (χ3v) is 7.45. The molecule has 8 heteroatoms. The largest absolute Gasteiger partial charge is 0.297 e. The molecule has 2 N–H and O–H groups in total. The van der Waals surface area contributed by atoms with Crippen molar-refractivity contribution in [3.05, 3.63) is 123 Å². The second-order valence-corrected chi connectivity index (χ2v) is 9.94. The van der Waals surface area contributed by atoms with Crippen LogP contribution in [0.2, 0.25) is 0 Å². The Kier molecular flexibility index (Phi) is 7.60. The van der Waals surface area contributed by atoms with Crippen molar-refractivity contribution < 1.29 is 0 Å². The lowest BCUT2D eigenvalue weighted by Crippen LogP contribution is -2.26. The topological polar surface area (TPSA) is 57.6 Å². The van der Waals surface area contributed by atoms with Gasteiger partial charge in [-0.15, -0.1) is 0 Å². The minimum Gasteiger partial charge on any atom is -0.297 e. The minimum absolute atomic E-state index is 0.707. The van der Waals surface area contributed by atoms with Crippen molar-refractivity contribution in [2.45, 2.75) is 33.4 Å². The van der Waals surface area contributed by atoms with E-state index in [1.54, 1.807) is 0 Å². The van der Waals surface area contributed by atoms with E-state index < -0.39 is 0 Å². The van der Waals surface area contributed by atoms with Gasteiger partial charge in [0.25, 0.3) is 0 Å². The fraction of sp³-hybridized carbons (Fsp3) is 0.207. The predicted molar refractivity (Wildman–Crippen MR) is 153 cm³/mol. The number of hydrogen-bond donors (Lipinski definition) is 2. The zero-order valence-electron chi connectivity index (χ0n) is 21.0. The molecule has 0 aliphatic carbocycles. The van der Waals surface area contributed by atoms with Crippen LogP contribution >= 0.6 is 24.4 Å². The highest BCUT2D eigenvalue weighted by atomic mass is 32.1. The molecule has 0 saturated carbocycles. The van der Waals surface area contributed by atoms with E-state index in [2.05, 4.69) is 64.3 Å². The number of aromatic amines is 2. The number of H-pyrrole nitrogens is 2. The van der Waals surface area contributed by atoms with Crippen LogP contribution in [-0.2, 0) is 19.5 Å². The Bertz CT molecular complexity index is 1480. The number of hydrogen-bond acceptors (Lipinski definition) is 4.